The van der Waals surface area contributed by atoms with E-state index >= 15 is 0 Å². The Labute approximate surface area is 122 Å². The van der Waals surface area contributed by atoms with Crippen molar-refractivity contribution in [2.75, 3.05) is 11.8 Å². The molecule has 0 radical (unpaired) electrons. The van der Waals surface area contributed by atoms with E-state index in [9.17, 15) is 8.42 Å². The third-order valence-corrected chi connectivity index (χ3v) is 5.73. The number of methoxy groups -OCH3 is 1. The SMILES string of the molecule is COc1ccc(NS(=O)(=O)c2ccc(CN)s2)cc1C. The third kappa shape index (κ3) is 3.12. The van der Waals surface area contributed by atoms with E-state index in [2.05, 4.69) is 4.72 Å². The highest BCUT2D eigenvalue weighted by molar-refractivity contribution is 7.94. The number of benzene rings is 1. The molecular formula is C13H16N2O3S2. The van der Waals surface area contributed by atoms with E-state index < -0.39 is 10.0 Å². The van der Waals surface area contributed by atoms with Gasteiger partial charge in [-0.15, -0.1) is 11.3 Å². The van der Waals surface area contributed by atoms with Crippen LogP contribution in [0.25, 0.3) is 0 Å². The number of thiophene rings is 1. The van der Waals surface area contributed by atoms with E-state index in [-0.39, 0.29) is 4.21 Å². The molecule has 2 rings (SSSR count). The molecular weight excluding hydrogens is 296 g/mol. The van der Waals surface area contributed by atoms with Crippen LogP contribution in [0.2, 0.25) is 0 Å². The van der Waals surface area contributed by atoms with Crippen molar-refractivity contribution in [2.24, 2.45) is 5.73 Å². The first-order chi connectivity index (χ1) is 9.46. The van der Waals surface area contributed by atoms with Gasteiger partial charge in [0, 0.05) is 17.1 Å². The molecule has 2 aromatic rings. The maximum absolute atomic E-state index is 12.2. The first kappa shape index (κ1) is 14.8. The summed E-state index contributed by atoms with van der Waals surface area (Å²) in [4.78, 5) is 0.830. The Balaban J connectivity index is 2.26. The summed E-state index contributed by atoms with van der Waals surface area (Å²) >= 11 is 1.17. The molecule has 0 saturated carbocycles. The minimum atomic E-state index is -3.57. The molecule has 0 atom stereocenters. The predicted octanol–water partition coefficient (Wildman–Crippen LogP) is 2.32. The van der Waals surface area contributed by atoms with Gasteiger partial charge in [0.2, 0.25) is 0 Å². The standard InChI is InChI=1S/C13H16N2O3S2/c1-9-7-10(3-5-12(9)18-2)15-20(16,17)13-6-4-11(8-14)19-13/h3-7,15H,8,14H2,1-2H3. The lowest BCUT2D eigenvalue weighted by atomic mass is 10.2. The van der Waals surface area contributed by atoms with E-state index in [1.807, 2.05) is 6.92 Å². The summed E-state index contributed by atoms with van der Waals surface area (Å²) < 4.78 is 32.4. The molecule has 108 valence electrons. The number of nitrogens with two attached hydrogens (primary N) is 1. The molecule has 0 amide bonds. The first-order valence-corrected chi connectivity index (χ1v) is 8.22. The van der Waals surface area contributed by atoms with E-state index in [1.54, 1.807) is 37.4 Å². The predicted molar refractivity (Wildman–Crippen MR) is 80.7 cm³/mol. The summed E-state index contributed by atoms with van der Waals surface area (Å²) in [6.07, 6.45) is 0. The molecule has 0 unspecified atom stereocenters. The van der Waals surface area contributed by atoms with Crippen molar-refractivity contribution in [3.05, 3.63) is 40.8 Å². The smallest absolute Gasteiger partial charge is 0.271 e. The monoisotopic (exact) mass is 312 g/mol. The van der Waals surface area contributed by atoms with Crippen molar-refractivity contribution in [1.29, 1.82) is 0 Å². The molecule has 1 heterocycles. The Morgan fingerprint density at radius 1 is 1.30 bits per heavy atom. The number of sulfonamides is 1. The summed E-state index contributed by atoms with van der Waals surface area (Å²) in [6, 6.07) is 8.41. The lowest BCUT2D eigenvalue weighted by Crippen LogP contribution is -2.11. The highest BCUT2D eigenvalue weighted by atomic mass is 32.2. The van der Waals surface area contributed by atoms with Crippen LogP contribution in [0.15, 0.2) is 34.5 Å². The van der Waals surface area contributed by atoms with Crippen molar-refractivity contribution in [1.82, 2.24) is 0 Å². The van der Waals surface area contributed by atoms with Crippen LogP contribution in [0.5, 0.6) is 5.75 Å². The molecule has 0 aliphatic carbocycles. The van der Waals surface area contributed by atoms with Gasteiger partial charge in [0.15, 0.2) is 0 Å². The molecule has 1 aromatic carbocycles. The summed E-state index contributed by atoms with van der Waals surface area (Å²) in [5, 5.41) is 0. The lowest BCUT2D eigenvalue weighted by molar-refractivity contribution is 0.412. The van der Waals surface area contributed by atoms with Gasteiger partial charge in [-0.3, -0.25) is 4.72 Å². The van der Waals surface area contributed by atoms with Gasteiger partial charge in [0.05, 0.1) is 7.11 Å². The average Bonchev–Trinajstić information content (AvgIpc) is 2.88. The molecule has 0 fully saturated rings. The number of ether oxygens (including phenoxy) is 1. The van der Waals surface area contributed by atoms with Crippen molar-refractivity contribution in [2.45, 2.75) is 17.7 Å². The van der Waals surface area contributed by atoms with Crippen LogP contribution in [0.4, 0.5) is 5.69 Å². The van der Waals surface area contributed by atoms with E-state index in [4.69, 9.17) is 10.5 Å². The molecule has 3 N–H and O–H groups in total. The highest BCUT2D eigenvalue weighted by Crippen LogP contribution is 2.26. The topological polar surface area (TPSA) is 81.4 Å². The molecule has 1 aromatic heterocycles. The van der Waals surface area contributed by atoms with Crippen LogP contribution in [0.1, 0.15) is 10.4 Å². The number of rotatable bonds is 5. The Hall–Kier alpha value is -1.57. The van der Waals surface area contributed by atoms with Gasteiger partial charge in [-0.05, 0) is 42.8 Å². The Bertz CT molecular complexity index is 708. The quantitative estimate of drug-likeness (QED) is 0.888. The van der Waals surface area contributed by atoms with Crippen molar-refractivity contribution in [3.8, 4) is 5.75 Å². The number of anilines is 1. The number of nitrogens with one attached hydrogen (secondary N) is 1. The summed E-state index contributed by atoms with van der Waals surface area (Å²) in [5.74, 6) is 0.717. The zero-order chi connectivity index (χ0) is 14.8. The lowest BCUT2D eigenvalue weighted by Gasteiger charge is -2.09. The third-order valence-electron chi connectivity index (χ3n) is 2.75. The van der Waals surface area contributed by atoms with E-state index in [0.717, 1.165) is 16.2 Å². The van der Waals surface area contributed by atoms with Crippen LogP contribution in [-0.2, 0) is 16.6 Å². The molecule has 0 aliphatic rings. The fraction of sp³-hybridized carbons (Fsp3) is 0.231. The van der Waals surface area contributed by atoms with Gasteiger partial charge in [-0.25, -0.2) is 8.42 Å². The number of aryl methyl sites for hydroxylation is 1. The Morgan fingerprint density at radius 2 is 2.05 bits per heavy atom. The molecule has 0 aliphatic heterocycles. The fourth-order valence-electron chi connectivity index (χ4n) is 1.76. The maximum Gasteiger partial charge on any atom is 0.271 e. The van der Waals surface area contributed by atoms with Crippen molar-refractivity contribution in [3.63, 3.8) is 0 Å². The molecule has 0 spiro atoms. The molecule has 20 heavy (non-hydrogen) atoms. The van der Waals surface area contributed by atoms with Gasteiger partial charge >= 0.3 is 0 Å². The summed E-state index contributed by atoms with van der Waals surface area (Å²) in [5.41, 5.74) is 6.86. The van der Waals surface area contributed by atoms with Gasteiger partial charge in [0.1, 0.15) is 9.96 Å². The fourth-order valence-corrected chi connectivity index (χ4v) is 4.04. The molecule has 0 bridgehead atoms. The minimum absolute atomic E-state index is 0.256. The van der Waals surface area contributed by atoms with Crippen LogP contribution in [-0.4, -0.2) is 15.5 Å². The van der Waals surface area contributed by atoms with Crippen LogP contribution in [0, 0.1) is 6.92 Å². The largest absolute Gasteiger partial charge is 0.496 e. The first-order valence-electron chi connectivity index (χ1n) is 5.92. The highest BCUT2D eigenvalue weighted by Gasteiger charge is 2.17. The Kier molecular flexibility index (Phi) is 4.32. The normalized spacial score (nSPS) is 11.3. The zero-order valence-electron chi connectivity index (χ0n) is 11.2. The molecule has 5 nitrogen and oxygen atoms in total. The van der Waals surface area contributed by atoms with Crippen LogP contribution >= 0.6 is 11.3 Å². The second-order valence-corrected chi connectivity index (χ2v) is 7.29. The second-order valence-electron chi connectivity index (χ2n) is 4.21. The number of hydrogen-bond donors (Lipinski definition) is 2. The van der Waals surface area contributed by atoms with Crippen LogP contribution < -0.4 is 15.2 Å². The average molecular weight is 312 g/mol. The van der Waals surface area contributed by atoms with E-state index in [0.29, 0.717) is 12.2 Å². The maximum atomic E-state index is 12.2. The second kappa shape index (κ2) is 5.82. The summed E-state index contributed by atoms with van der Waals surface area (Å²) in [6.45, 7) is 2.19. The molecule has 7 heteroatoms. The molecule has 0 saturated heterocycles. The van der Waals surface area contributed by atoms with Crippen molar-refractivity contribution < 1.29 is 13.2 Å². The van der Waals surface area contributed by atoms with Gasteiger partial charge < -0.3 is 10.5 Å². The van der Waals surface area contributed by atoms with Gasteiger partial charge in [-0.2, -0.15) is 0 Å². The van der Waals surface area contributed by atoms with E-state index in [1.165, 1.54) is 11.3 Å². The van der Waals surface area contributed by atoms with Crippen LogP contribution in [0.3, 0.4) is 0 Å². The van der Waals surface area contributed by atoms with Gasteiger partial charge in [-0.1, -0.05) is 0 Å². The zero-order valence-corrected chi connectivity index (χ0v) is 12.8. The summed E-state index contributed by atoms with van der Waals surface area (Å²) in [7, 11) is -1.99. The minimum Gasteiger partial charge on any atom is -0.496 e. The Morgan fingerprint density at radius 3 is 2.60 bits per heavy atom. The number of hydrogen-bond acceptors (Lipinski definition) is 5. The van der Waals surface area contributed by atoms with Crippen molar-refractivity contribution >= 4 is 27.0 Å². The van der Waals surface area contributed by atoms with Gasteiger partial charge in [0.25, 0.3) is 10.0 Å².